The maximum absolute atomic E-state index is 13.0. The number of rotatable bonds is 12. The van der Waals surface area contributed by atoms with Gasteiger partial charge in [-0.05, 0) is 45.3 Å². The van der Waals surface area contributed by atoms with Gasteiger partial charge in [-0.25, -0.2) is 4.90 Å². The standard InChI is InChI=1S/C25H39ClN4O4/c1-6-20(26)11-7-8-13-30-22(24(32)28-15-18(3)31)23(27-5)29-25(30)34-19(4)16-33-21-12-9-10-17(2)14-21/h6-7,9-12,17-19,22,25,31H,8,13-16H2,1-5H3,(H,27,29)(H,28,32). The van der Waals surface area contributed by atoms with Crippen molar-refractivity contribution in [1.29, 1.82) is 0 Å². The molecule has 1 heterocycles. The second kappa shape index (κ2) is 14.3. The third-order valence-corrected chi connectivity index (χ3v) is 5.78. The van der Waals surface area contributed by atoms with Crippen LogP contribution in [0.25, 0.3) is 0 Å². The molecule has 190 valence electrons. The lowest BCUT2D eigenvalue weighted by atomic mass is 10.0. The Bertz CT molecular complexity index is 822. The van der Waals surface area contributed by atoms with Crippen LogP contribution in [0.2, 0.25) is 0 Å². The van der Waals surface area contributed by atoms with Gasteiger partial charge in [0.1, 0.15) is 12.4 Å². The molecule has 1 aliphatic heterocycles. The molecular formula is C25H39ClN4O4. The van der Waals surface area contributed by atoms with Crippen molar-refractivity contribution in [2.24, 2.45) is 10.9 Å². The molecule has 5 unspecified atom stereocenters. The first-order valence-corrected chi connectivity index (χ1v) is 12.2. The lowest BCUT2D eigenvalue weighted by Crippen LogP contribution is -2.50. The van der Waals surface area contributed by atoms with Crippen molar-refractivity contribution >= 4 is 23.3 Å². The number of hydrogen-bond acceptors (Lipinski definition) is 6. The Hall–Kier alpha value is -2.13. The van der Waals surface area contributed by atoms with Gasteiger partial charge in [0.05, 0.1) is 18.0 Å². The third-order valence-electron chi connectivity index (χ3n) is 5.44. The van der Waals surface area contributed by atoms with Crippen LogP contribution in [0.5, 0.6) is 0 Å². The number of nitrogens with one attached hydrogen (secondary N) is 2. The van der Waals surface area contributed by atoms with Gasteiger partial charge in [-0.3, -0.25) is 9.79 Å². The number of carbonyl (C=O) groups is 1. The molecule has 1 aliphatic carbocycles. The topological polar surface area (TPSA) is 95.4 Å². The van der Waals surface area contributed by atoms with E-state index in [2.05, 4.69) is 28.6 Å². The maximum atomic E-state index is 13.0. The zero-order chi connectivity index (χ0) is 25.1. The Labute approximate surface area is 208 Å². The van der Waals surface area contributed by atoms with Gasteiger partial charge in [0.25, 0.3) is 0 Å². The Morgan fingerprint density at radius 3 is 2.88 bits per heavy atom. The normalized spacial score (nSPS) is 26.4. The quantitative estimate of drug-likeness (QED) is 0.361. The lowest BCUT2D eigenvalue weighted by Gasteiger charge is -2.29. The first kappa shape index (κ1) is 28.1. The number of allylic oxidation sites excluding steroid dienone is 7. The number of aliphatic imine (C=N–C) groups is 1. The number of ether oxygens (including phenoxy) is 2. The van der Waals surface area contributed by atoms with Crippen molar-refractivity contribution in [3.8, 4) is 0 Å². The smallest absolute Gasteiger partial charge is 0.245 e. The summed E-state index contributed by atoms with van der Waals surface area (Å²) in [5.74, 6) is 1.67. The van der Waals surface area contributed by atoms with Gasteiger partial charge < -0.3 is 25.2 Å². The zero-order valence-electron chi connectivity index (χ0n) is 20.8. The average molecular weight is 495 g/mol. The van der Waals surface area contributed by atoms with Crippen LogP contribution in [0.4, 0.5) is 0 Å². The van der Waals surface area contributed by atoms with Crippen molar-refractivity contribution in [3.05, 3.63) is 47.2 Å². The summed E-state index contributed by atoms with van der Waals surface area (Å²) in [5.41, 5.74) is 0. The molecule has 8 nitrogen and oxygen atoms in total. The predicted octanol–water partition coefficient (Wildman–Crippen LogP) is 3.06. The van der Waals surface area contributed by atoms with E-state index in [0.29, 0.717) is 36.4 Å². The molecule has 0 aromatic rings. The fourth-order valence-electron chi connectivity index (χ4n) is 3.66. The van der Waals surface area contributed by atoms with Gasteiger partial charge in [0.15, 0.2) is 12.4 Å². The fraction of sp³-hybridized carbons (Fsp3) is 0.600. The van der Waals surface area contributed by atoms with Crippen LogP contribution >= 0.6 is 11.6 Å². The lowest BCUT2D eigenvalue weighted by molar-refractivity contribution is -0.135. The molecule has 2 rings (SSSR count). The first-order chi connectivity index (χ1) is 16.2. The van der Waals surface area contributed by atoms with Gasteiger partial charge in [-0.2, -0.15) is 0 Å². The van der Waals surface area contributed by atoms with E-state index in [0.717, 1.165) is 12.2 Å². The van der Waals surface area contributed by atoms with Crippen LogP contribution in [0, 0.1) is 5.92 Å². The van der Waals surface area contributed by atoms with Crippen molar-refractivity contribution in [3.63, 3.8) is 0 Å². The monoisotopic (exact) mass is 494 g/mol. The second-order valence-corrected chi connectivity index (χ2v) is 9.10. The van der Waals surface area contributed by atoms with Crippen molar-refractivity contribution in [2.45, 2.75) is 65.1 Å². The van der Waals surface area contributed by atoms with Gasteiger partial charge in [-0.1, -0.05) is 42.8 Å². The Morgan fingerprint density at radius 1 is 1.47 bits per heavy atom. The number of halogens is 1. The number of amidine groups is 1. The molecule has 0 bridgehead atoms. The van der Waals surface area contributed by atoms with E-state index >= 15 is 0 Å². The van der Waals surface area contributed by atoms with E-state index in [1.54, 1.807) is 14.0 Å². The summed E-state index contributed by atoms with van der Waals surface area (Å²) in [5, 5.41) is 16.3. The van der Waals surface area contributed by atoms with E-state index in [4.69, 9.17) is 21.1 Å². The minimum absolute atomic E-state index is 0.161. The average Bonchev–Trinajstić information content (AvgIpc) is 3.15. The molecule has 0 aromatic heterocycles. The van der Waals surface area contributed by atoms with Crippen LogP contribution in [-0.4, -0.2) is 73.1 Å². The number of amides is 1. The largest absolute Gasteiger partial charge is 0.495 e. The van der Waals surface area contributed by atoms with E-state index in [9.17, 15) is 9.90 Å². The summed E-state index contributed by atoms with van der Waals surface area (Å²) in [6.07, 6.45) is 11.9. The molecule has 0 saturated carbocycles. The second-order valence-electron chi connectivity index (χ2n) is 8.66. The SMILES string of the molecule is CC=C(Cl)C=CCCN1C(OC(C)COC2=CC=CC(C)C2)NC(=NC)C1C(=O)NCC(C)O. The summed E-state index contributed by atoms with van der Waals surface area (Å²) in [7, 11) is 1.64. The summed E-state index contributed by atoms with van der Waals surface area (Å²) in [4.78, 5) is 19.2. The first-order valence-electron chi connectivity index (χ1n) is 11.8. The summed E-state index contributed by atoms with van der Waals surface area (Å²) >= 11 is 6.06. The highest BCUT2D eigenvalue weighted by molar-refractivity contribution is 6.31. The van der Waals surface area contributed by atoms with Crippen molar-refractivity contribution in [2.75, 3.05) is 26.7 Å². The van der Waals surface area contributed by atoms with Gasteiger partial charge in [-0.15, -0.1) is 0 Å². The Balaban J connectivity index is 2.08. The molecule has 0 aromatic carbocycles. The predicted molar refractivity (Wildman–Crippen MR) is 136 cm³/mol. The maximum Gasteiger partial charge on any atom is 0.245 e. The molecule has 0 radical (unpaired) electrons. The molecule has 5 atom stereocenters. The van der Waals surface area contributed by atoms with Crippen molar-refractivity contribution < 1.29 is 19.4 Å². The summed E-state index contributed by atoms with van der Waals surface area (Å²) in [6.45, 7) is 8.69. The van der Waals surface area contributed by atoms with Gasteiger partial charge >= 0.3 is 0 Å². The van der Waals surface area contributed by atoms with Crippen LogP contribution in [0.1, 0.15) is 40.5 Å². The Kier molecular flexibility index (Phi) is 11.8. The molecular weight excluding hydrogens is 456 g/mol. The van der Waals surface area contributed by atoms with E-state index in [1.165, 1.54) is 0 Å². The van der Waals surface area contributed by atoms with E-state index < -0.39 is 18.5 Å². The highest BCUT2D eigenvalue weighted by atomic mass is 35.5. The number of carbonyl (C=O) groups excluding carboxylic acids is 1. The molecule has 1 fully saturated rings. The number of hydrogen-bond donors (Lipinski definition) is 3. The summed E-state index contributed by atoms with van der Waals surface area (Å²) < 4.78 is 12.2. The fourth-order valence-corrected chi connectivity index (χ4v) is 3.75. The molecule has 9 heteroatoms. The molecule has 1 saturated heterocycles. The minimum atomic E-state index is -0.653. The highest BCUT2D eigenvalue weighted by Gasteiger charge is 2.43. The molecule has 1 amide bonds. The van der Waals surface area contributed by atoms with Gasteiger partial charge in [0, 0.05) is 31.6 Å². The number of nitrogens with zero attached hydrogens (tertiary/aromatic N) is 2. The highest BCUT2D eigenvalue weighted by Crippen LogP contribution is 2.21. The minimum Gasteiger partial charge on any atom is -0.495 e. The molecule has 2 aliphatic rings. The van der Waals surface area contributed by atoms with Crippen molar-refractivity contribution in [1.82, 2.24) is 15.5 Å². The molecule has 34 heavy (non-hydrogen) atoms. The number of aliphatic hydroxyl groups is 1. The van der Waals surface area contributed by atoms with E-state index in [1.807, 2.05) is 49.1 Å². The van der Waals surface area contributed by atoms with Crippen LogP contribution < -0.4 is 10.6 Å². The zero-order valence-corrected chi connectivity index (χ0v) is 21.6. The summed E-state index contributed by atoms with van der Waals surface area (Å²) in [6, 6.07) is -0.653. The molecule has 0 spiro atoms. The van der Waals surface area contributed by atoms with Crippen LogP contribution in [0.15, 0.2) is 52.2 Å². The molecule has 3 N–H and O–H groups in total. The van der Waals surface area contributed by atoms with Crippen LogP contribution in [-0.2, 0) is 14.3 Å². The van der Waals surface area contributed by atoms with Crippen LogP contribution in [0.3, 0.4) is 0 Å². The Morgan fingerprint density at radius 2 is 2.24 bits per heavy atom. The van der Waals surface area contributed by atoms with E-state index in [-0.39, 0.29) is 18.6 Å². The number of aliphatic hydroxyl groups excluding tert-OH is 1. The third kappa shape index (κ3) is 8.91. The van der Waals surface area contributed by atoms with Gasteiger partial charge in [0.2, 0.25) is 5.91 Å².